The van der Waals surface area contributed by atoms with Gasteiger partial charge < -0.3 is 4.90 Å². The molecule has 22 heavy (non-hydrogen) atoms. The molecule has 10 heteroatoms. The minimum Gasteiger partial charge on any atom is -0.336 e. The molecular weight excluding hydrogens is 358 g/mol. The number of thiazole rings is 1. The normalized spacial score (nSPS) is 20.9. The minimum atomic E-state index is -3.32. The van der Waals surface area contributed by atoms with E-state index in [4.69, 9.17) is 11.6 Å². The van der Waals surface area contributed by atoms with Gasteiger partial charge in [-0.15, -0.1) is 11.3 Å². The van der Waals surface area contributed by atoms with E-state index in [-0.39, 0.29) is 35.4 Å². The first-order valence-electron chi connectivity index (χ1n) is 6.51. The number of aromatic nitrogens is 1. The Balaban J connectivity index is 2.22. The summed E-state index contributed by atoms with van der Waals surface area (Å²) in [7, 11) is -3.32. The van der Waals surface area contributed by atoms with Crippen molar-refractivity contribution in [2.24, 2.45) is 0 Å². The lowest BCUT2D eigenvalue weighted by atomic mass is 10.1. The second-order valence-electron chi connectivity index (χ2n) is 5.60. The van der Waals surface area contributed by atoms with Gasteiger partial charge in [0.25, 0.3) is 12.3 Å². The van der Waals surface area contributed by atoms with Crippen molar-refractivity contribution in [1.82, 2.24) is 9.88 Å². The summed E-state index contributed by atoms with van der Waals surface area (Å²) in [6, 6.07) is 0. The Morgan fingerprint density at radius 2 is 2.05 bits per heavy atom. The topological polar surface area (TPSA) is 67.3 Å². The van der Waals surface area contributed by atoms with Gasteiger partial charge in [0.05, 0.1) is 10.5 Å². The van der Waals surface area contributed by atoms with Crippen molar-refractivity contribution in [1.29, 1.82) is 0 Å². The van der Waals surface area contributed by atoms with E-state index in [9.17, 15) is 22.0 Å². The average molecular weight is 373 g/mol. The Hall–Kier alpha value is -0.800. The van der Waals surface area contributed by atoms with Crippen molar-refractivity contribution in [3.8, 4) is 0 Å². The molecule has 124 valence electrons. The molecular formula is C12H15ClF2N2O3S2. The minimum absolute atomic E-state index is 0.0197. The molecule has 0 unspecified atom stereocenters. The summed E-state index contributed by atoms with van der Waals surface area (Å²) in [6.07, 6.45) is -2.52. The summed E-state index contributed by atoms with van der Waals surface area (Å²) in [5, 5.41) is -0.525. The summed E-state index contributed by atoms with van der Waals surface area (Å²) >= 11 is 6.14. The van der Waals surface area contributed by atoms with E-state index >= 15 is 0 Å². The molecule has 0 aromatic carbocycles. The summed E-state index contributed by atoms with van der Waals surface area (Å²) in [5.41, 5.74) is 0. The van der Waals surface area contributed by atoms with Gasteiger partial charge >= 0.3 is 0 Å². The van der Waals surface area contributed by atoms with Crippen molar-refractivity contribution < 1.29 is 22.0 Å². The maximum atomic E-state index is 12.7. The summed E-state index contributed by atoms with van der Waals surface area (Å²) in [6.45, 7) is 3.48. The van der Waals surface area contributed by atoms with Crippen molar-refractivity contribution >= 4 is 38.7 Å². The van der Waals surface area contributed by atoms with E-state index in [0.717, 1.165) is 0 Å². The van der Waals surface area contributed by atoms with Gasteiger partial charge in [0.1, 0.15) is 10.0 Å². The molecule has 0 radical (unpaired) electrons. The van der Waals surface area contributed by atoms with Crippen molar-refractivity contribution in [2.75, 3.05) is 18.8 Å². The number of nitrogens with zero attached hydrogens (tertiary/aromatic N) is 2. The molecule has 0 atom stereocenters. The molecule has 0 aliphatic carbocycles. The molecule has 0 spiro atoms. The Morgan fingerprint density at radius 1 is 1.41 bits per heavy atom. The van der Waals surface area contributed by atoms with Crippen LogP contribution in [0.1, 0.15) is 41.4 Å². The average Bonchev–Trinajstić information content (AvgIpc) is 2.75. The van der Waals surface area contributed by atoms with E-state index in [1.807, 2.05) is 0 Å². The maximum absolute atomic E-state index is 12.7. The second-order valence-corrected chi connectivity index (χ2v) is 9.73. The number of carbonyl (C=O) groups excluding carboxylic acids is 1. The Kier molecular flexibility index (Phi) is 4.79. The van der Waals surface area contributed by atoms with Crippen LogP contribution in [0.25, 0.3) is 0 Å². The molecule has 2 rings (SSSR count). The highest BCUT2D eigenvalue weighted by Gasteiger charge is 2.38. The summed E-state index contributed by atoms with van der Waals surface area (Å²) in [5.74, 6) is -0.723. The highest BCUT2D eigenvalue weighted by atomic mass is 35.5. The van der Waals surface area contributed by atoms with E-state index in [2.05, 4.69) is 4.98 Å². The summed E-state index contributed by atoms with van der Waals surface area (Å²) in [4.78, 5) is 16.9. The fraction of sp³-hybridized carbons (Fsp3) is 0.667. The molecule has 1 aliphatic heterocycles. The molecule has 1 amide bonds. The third-order valence-electron chi connectivity index (χ3n) is 3.73. The van der Waals surface area contributed by atoms with Gasteiger partial charge in [0, 0.05) is 13.1 Å². The molecule has 5 nitrogen and oxygen atoms in total. The van der Waals surface area contributed by atoms with Gasteiger partial charge in [0.2, 0.25) is 0 Å². The molecule has 1 aromatic rings. The number of hydrogen-bond donors (Lipinski definition) is 0. The zero-order chi connectivity index (χ0) is 16.7. The van der Waals surface area contributed by atoms with Gasteiger partial charge in [0.15, 0.2) is 14.8 Å². The van der Waals surface area contributed by atoms with E-state index in [1.54, 1.807) is 13.8 Å². The Labute approximate surface area is 136 Å². The van der Waals surface area contributed by atoms with Crippen LogP contribution >= 0.6 is 22.9 Å². The zero-order valence-electron chi connectivity index (χ0n) is 12.0. The quantitative estimate of drug-likeness (QED) is 0.800. The molecule has 1 aromatic heterocycles. The van der Waals surface area contributed by atoms with E-state index in [1.165, 1.54) is 4.90 Å². The fourth-order valence-electron chi connectivity index (χ4n) is 2.06. The fourth-order valence-corrected chi connectivity index (χ4v) is 4.58. The van der Waals surface area contributed by atoms with Gasteiger partial charge in [-0.1, -0.05) is 11.6 Å². The van der Waals surface area contributed by atoms with Crippen LogP contribution in [0.3, 0.4) is 0 Å². The number of carbonyl (C=O) groups is 1. The third-order valence-corrected chi connectivity index (χ3v) is 7.79. The van der Waals surface area contributed by atoms with Crippen LogP contribution in [0.15, 0.2) is 0 Å². The largest absolute Gasteiger partial charge is 0.336 e. The van der Waals surface area contributed by atoms with Gasteiger partial charge in [-0.3, -0.25) is 4.79 Å². The van der Waals surface area contributed by atoms with Gasteiger partial charge in [-0.05, 0) is 20.3 Å². The maximum Gasteiger partial charge on any atom is 0.282 e. The van der Waals surface area contributed by atoms with Crippen molar-refractivity contribution in [3.05, 3.63) is 15.0 Å². The third kappa shape index (κ3) is 3.26. The lowest BCUT2D eigenvalue weighted by Crippen LogP contribution is -2.33. The van der Waals surface area contributed by atoms with Crippen molar-refractivity contribution in [3.63, 3.8) is 0 Å². The first kappa shape index (κ1) is 17.6. The highest BCUT2D eigenvalue weighted by Crippen LogP contribution is 2.33. The SMILES string of the molecule is CC1(C)CCN(C(=O)c2nc(Cl)c(C(F)F)s2)CCS1(=O)=O. The first-order valence-corrected chi connectivity index (χ1v) is 9.36. The predicted molar refractivity (Wildman–Crippen MR) is 80.5 cm³/mol. The van der Waals surface area contributed by atoms with Crippen LogP contribution < -0.4 is 0 Å². The lowest BCUT2D eigenvalue weighted by Gasteiger charge is -2.22. The monoisotopic (exact) mass is 372 g/mol. The van der Waals surface area contributed by atoms with Crippen LogP contribution in [0.2, 0.25) is 5.15 Å². The standard InChI is InChI=1S/C12H15ClF2N2O3S2/c1-12(2)3-4-17(5-6-22(12,19)20)11(18)10-16-8(13)7(21-10)9(14)15/h9H,3-6H2,1-2H3. The second kappa shape index (κ2) is 6.01. The lowest BCUT2D eigenvalue weighted by molar-refractivity contribution is 0.0764. The van der Waals surface area contributed by atoms with Crippen LogP contribution in [0, 0.1) is 0 Å². The molecule has 1 saturated heterocycles. The first-order chi connectivity index (χ1) is 10.0. The highest BCUT2D eigenvalue weighted by molar-refractivity contribution is 7.92. The number of rotatable bonds is 2. The van der Waals surface area contributed by atoms with Crippen LogP contribution in [0.5, 0.6) is 0 Å². The van der Waals surface area contributed by atoms with E-state index < -0.39 is 31.8 Å². The molecule has 1 aliphatic rings. The molecule has 0 bridgehead atoms. The van der Waals surface area contributed by atoms with E-state index in [0.29, 0.717) is 11.3 Å². The number of sulfone groups is 1. The number of amides is 1. The molecule has 0 saturated carbocycles. The predicted octanol–water partition coefficient (Wildman–Crippen LogP) is 2.77. The van der Waals surface area contributed by atoms with Crippen LogP contribution in [-0.2, 0) is 9.84 Å². The van der Waals surface area contributed by atoms with Crippen molar-refractivity contribution in [2.45, 2.75) is 31.4 Å². The zero-order valence-corrected chi connectivity index (χ0v) is 14.4. The smallest absolute Gasteiger partial charge is 0.282 e. The van der Waals surface area contributed by atoms with Crippen LogP contribution in [0.4, 0.5) is 8.78 Å². The Morgan fingerprint density at radius 3 is 2.59 bits per heavy atom. The Bertz CT molecular complexity index is 689. The molecule has 0 N–H and O–H groups in total. The number of alkyl halides is 2. The number of hydrogen-bond acceptors (Lipinski definition) is 5. The number of halogens is 3. The molecule has 1 fully saturated rings. The molecule has 2 heterocycles. The van der Waals surface area contributed by atoms with Crippen LogP contribution in [-0.4, -0.2) is 47.8 Å². The summed E-state index contributed by atoms with van der Waals surface area (Å²) < 4.78 is 48.7. The van der Waals surface area contributed by atoms with Gasteiger partial charge in [-0.2, -0.15) is 0 Å². The van der Waals surface area contributed by atoms with Gasteiger partial charge in [-0.25, -0.2) is 22.2 Å².